The van der Waals surface area contributed by atoms with Crippen molar-refractivity contribution in [1.82, 2.24) is 0 Å². The summed E-state index contributed by atoms with van der Waals surface area (Å²) in [5.41, 5.74) is 4.48. The van der Waals surface area contributed by atoms with Crippen molar-refractivity contribution in [2.24, 2.45) is 0 Å². The first-order valence-electron chi connectivity index (χ1n) is 10.2. The van der Waals surface area contributed by atoms with Gasteiger partial charge in [-0.1, -0.05) is 42.0 Å². The molecule has 0 saturated carbocycles. The Morgan fingerprint density at radius 2 is 1.47 bits per heavy atom. The lowest BCUT2D eigenvalue weighted by Gasteiger charge is -2.17. The van der Waals surface area contributed by atoms with Gasteiger partial charge in [-0.25, -0.2) is 4.90 Å². The third-order valence-corrected chi connectivity index (χ3v) is 5.34. The summed E-state index contributed by atoms with van der Waals surface area (Å²) in [6.07, 6.45) is 0. The maximum atomic E-state index is 13.6. The van der Waals surface area contributed by atoms with Crippen LogP contribution < -0.4 is 19.7 Å². The zero-order chi connectivity index (χ0) is 22.8. The molecule has 0 bridgehead atoms. The van der Waals surface area contributed by atoms with Gasteiger partial charge in [0.15, 0.2) is 11.5 Å². The maximum Gasteiger partial charge on any atom is 0.282 e. The molecule has 6 heteroatoms. The molecule has 1 N–H and O–H groups in total. The Labute approximate surface area is 187 Å². The molecule has 0 aromatic heterocycles. The van der Waals surface area contributed by atoms with Gasteiger partial charge in [0.05, 0.1) is 25.5 Å². The van der Waals surface area contributed by atoms with Gasteiger partial charge in [-0.2, -0.15) is 0 Å². The first kappa shape index (κ1) is 21.2. The molecule has 2 amide bonds. The molecule has 1 aliphatic heterocycles. The van der Waals surface area contributed by atoms with Crippen LogP contribution in [0, 0.1) is 13.8 Å². The Morgan fingerprint density at radius 1 is 0.750 bits per heavy atom. The number of amides is 2. The Hall–Kier alpha value is -4.06. The summed E-state index contributed by atoms with van der Waals surface area (Å²) in [6.45, 7) is 3.94. The van der Waals surface area contributed by atoms with Gasteiger partial charge in [0.2, 0.25) is 0 Å². The van der Waals surface area contributed by atoms with Gasteiger partial charge in [0.25, 0.3) is 11.8 Å². The standard InChI is InChI=1S/C26H24N2O4/c1-16-8-10-18(11-9-16)23-24(27-19-7-5-6-17(2)14-19)26(30)28(25(23)29)20-12-13-21(31-3)22(15-20)32-4/h5-15,27H,1-4H3. The van der Waals surface area contributed by atoms with Gasteiger partial charge in [-0.3, -0.25) is 9.59 Å². The second kappa shape index (κ2) is 8.59. The zero-order valence-corrected chi connectivity index (χ0v) is 18.4. The highest BCUT2D eigenvalue weighted by atomic mass is 16.5. The average Bonchev–Trinajstić information content (AvgIpc) is 3.03. The normalized spacial score (nSPS) is 13.6. The number of rotatable bonds is 6. The van der Waals surface area contributed by atoms with Gasteiger partial charge in [0, 0.05) is 11.8 Å². The monoisotopic (exact) mass is 428 g/mol. The molecule has 0 fully saturated rings. The number of anilines is 2. The summed E-state index contributed by atoms with van der Waals surface area (Å²) in [5, 5.41) is 3.19. The van der Waals surface area contributed by atoms with Gasteiger partial charge in [0.1, 0.15) is 5.70 Å². The van der Waals surface area contributed by atoms with E-state index in [1.54, 1.807) is 18.2 Å². The maximum absolute atomic E-state index is 13.6. The summed E-state index contributed by atoms with van der Waals surface area (Å²) in [6, 6.07) is 20.2. The first-order chi connectivity index (χ1) is 15.4. The minimum atomic E-state index is -0.431. The van der Waals surface area contributed by atoms with E-state index in [2.05, 4.69) is 5.32 Å². The number of carbonyl (C=O) groups is 2. The number of hydrogen-bond acceptors (Lipinski definition) is 5. The Bertz CT molecular complexity index is 1230. The molecular weight excluding hydrogens is 404 g/mol. The molecule has 0 aliphatic carbocycles. The van der Waals surface area contributed by atoms with Crippen molar-refractivity contribution in [3.63, 3.8) is 0 Å². The fraction of sp³-hybridized carbons (Fsp3) is 0.154. The fourth-order valence-electron chi connectivity index (χ4n) is 3.70. The third kappa shape index (κ3) is 3.83. The van der Waals surface area contributed by atoms with E-state index in [1.165, 1.54) is 14.2 Å². The van der Waals surface area contributed by atoms with Crippen LogP contribution in [-0.4, -0.2) is 26.0 Å². The SMILES string of the molecule is COc1ccc(N2C(=O)C(Nc3cccc(C)c3)=C(c3ccc(C)cc3)C2=O)cc1OC. The van der Waals surface area contributed by atoms with E-state index < -0.39 is 11.8 Å². The predicted octanol–water partition coefficient (Wildman–Crippen LogP) is 4.72. The quantitative estimate of drug-likeness (QED) is 0.576. The molecule has 4 rings (SSSR count). The molecule has 3 aromatic rings. The van der Waals surface area contributed by atoms with Gasteiger partial charge in [-0.15, -0.1) is 0 Å². The molecule has 1 heterocycles. The molecule has 1 aliphatic rings. The Morgan fingerprint density at radius 3 is 2.12 bits per heavy atom. The second-order valence-corrected chi connectivity index (χ2v) is 7.60. The number of carbonyl (C=O) groups excluding carboxylic acids is 2. The van der Waals surface area contributed by atoms with Crippen LogP contribution in [0.2, 0.25) is 0 Å². The number of benzene rings is 3. The van der Waals surface area contributed by atoms with Crippen LogP contribution in [0.3, 0.4) is 0 Å². The lowest BCUT2D eigenvalue weighted by atomic mass is 10.0. The van der Waals surface area contributed by atoms with E-state index in [-0.39, 0.29) is 5.70 Å². The van der Waals surface area contributed by atoms with E-state index in [0.29, 0.717) is 28.3 Å². The van der Waals surface area contributed by atoms with Crippen LogP contribution in [0.4, 0.5) is 11.4 Å². The van der Waals surface area contributed by atoms with Crippen LogP contribution in [0.1, 0.15) is 16.7 Å². The van der Waals surface area contributed by atoms with Crippen LogP contribution in [-0.2, 0) is 9.59 Å². The van der Waals surface area contributed by atoms with Crippen molar-refractivity contribution >= 4 is 28.8 Å². The van der Waals surface area contributed by atoms with Crippen LogP contribution in [0.25, 0.3) is 5.57 Å². The number of aryl methyl sites for hydroxylation is 2. The van der Waals surface area contributed by atoms with Gasteiger partial charge in [-0.05, 0) is 49.2 Å². The Balaban J connectivity index is 1.82. The van der Waals surface area contributed by atoms with E-state index in [1.807, 2.05) is 62.4 Å². The first-order valence-corrected chi connectivity index (χ1v) is 10.2. The highest BCUT2D eigenvalue weighted by Crippen LogP contribution is 2.37. The number of nitrogens with zero attached hydrogens (tertiary/aromatic N) is 1. The van der Waals surface area contributed by atoms with E-state index in [9.17, 15) is 9.59 Å². The summed E-state index contributed by atoms with van der Waals surface area (Å²) in [7, 11) is 3.04. The third-order valence-electron chi connectivity index (χ3n) is 5.34. The summed E-state index contributed by atoms with van der Waals surface area (Å²) >= 11 is 0. The van der Waals surface area contributed by atoms with Gasteiger partial charge >= 0.3 is 0 Å². The van der Waals surface area contributed by atoms with E-state index in [0.717, 1.165) is 21.7 Å². The summed E-state index contributed by atoms with van der Waals surface area (Å²) in [5.74, 6) is 0.114. The molecule has 0 radical (unpaired) electrons. The Kier molecular flexibility index (Phi) is 5.69. The summed E-state index contributed by atoms with van der Waals surface area (Å²) < 4.78 is 10.6. The number of methoxy groups -OCH3 is 2. The van der Waals surface area contributed by atoms with Crippen molar-refractivity contribution in [3.8, 4) is 11.5 Å². The van der Waals surface area contributed by atoms with E-state index in [4.69, 9.17) is 9.47 Å². The minimum absolute atomic E-state index is 0.235. The fourth-order valence-corrected chi connectivity index (χ4v) is 3.70. The van der Waals surface area contributed by atoms with E-state index >= 15 is 0 Å². The largest absolute Gasteiger partial charge is 0.493 e. The predicted molar refractivity (Wildman–Crippen MR) is 125 cm³/mol. The molecule has 162 valence electrons. The molecule has 0 spiro atoms. The van der Waals surface area contributed by atoms with Crippen LogP contribution >= 0.6 is 0 Å². The molecule has 0 atom stereocenters. The number of nitrogens with one attached hydrogen (secondary N) is 1. The molecule has 0 saturated heterocycles. The number of ether oxygens (including phenoxy) is 2. The molecule has 32 heavy (non-hydrogen) atoms. The number of imide groups is 1. The van der Waals surface area contributed by atoms with Crippen molar-refractivity contribution in [3.05, 3.63) is 89.1 Å². The summed E-state index contributed by atoms with van der Waals surface area (Å²) in [4.78, 5) is 28.2. The molecule has 6 nitrogen and oxygen atoms in total. The minimum Gasteiger partial charge on any atom is -0.493 e. The molecule has 0 unspecified atom stereocenters. The van der Waals surface area contributed by atoms with Crippen molar-refractivity contribution in [2.75, 3.05) is 24.4 Å². The highest BCUT2D eigenvalue weighted by Gasteiger charge is 2.40. The number of hydrogen-bond donors (Lipinski definition) is 1. The van der Waals surface area contributed by atoms with Crippen molar-refractivity contribution in [1.29, 1.82) is 0 Å². The zero-order valence-electron chi connectivity index (χ0n) is 18.4. The molecule has 3 aromatic carbocycles. The van der Waals surface area contributed by atoms with Crippen LogP contribution in [0.15, 0.2) is 72.4 Å². The highest BCUT2D eigenvalue weighted by molar-refractivity contribution is 6.46. The van der Waals surface area contributed by atoms with Crippen molar-refractivity contribution in [2.45, 2.75) is 13.8 Å². The van der Waals surface area contributed by atoms with Crippen molar-refractivity contribution < 1.29 is 19.1 Å². The average molecular weight is 428 g/mol. The topological polar surface area (TPSA) is 67.9 Å². The lowest BCUT2D eigenvalue weighted by molar-refractivity contribution is -0.120. The lowest BCUT2D eigenvalue weighted by Crippen LogP contribution is -2.32. The second-order valence-electron chi connectivity index (χ2n) is 7.60. The van der Waals surface area contributed by atoms with Gasteiger partial charge < -0.3 is 14.8 Å². The molecular formula is C26H24N2O4. The smallest absolute Gasteiger partial charge is 0.282 e. The van der Waals surface area contributed by atoms with Crippen LogP contribution in [0.5, 0.6) is 11.5 Å².